The third-order valence-corrected chi connectivity index (χ3v) is 3.94. The van der Waals surface area contributed by atoms with Crippen molar-refractivity contribution in [3.8, 4) is 0 Å². The molecule has 0 aromatic heterocycles. The van der Waals surface area contributed by atoms with E-state index in [1.165, 1.54) is 32.2 Å². The highest BCUT2D eigenvalue weighted by molar-refractivity contribution is 4.83. The first-order valence-electron chi connectivity index (χ1n) is 6.78. The van der Waals surface area contributed by atoms with Crippen LogP contribution in [0.25, 0.3) is 0 Å². The van der Waals surface area contributed by atoms with Crippen LogP contribution in [0.2, 0.25) is 0 Å². The molecule has 0 heterocycles. The molecule has 2 unspecified atom stereocenters. The Balaban J connectivity index is 2.06. The van der Waals surface area contributed by atoms with Crippen molar-refractivity contribution in [2.24, 2.45) is 11.7 Å². The number of hydrogen-bond acceptors (Lipinski definition) is 3. The molecular formula is C13H29N3. The van der Waals surface area contributed by atoms with E-state index in [2.05, 4.69) is 31.1 Å². The lowest BCUT2D eigenvalue weighted by Gasteiger charge is -2.23. The van der Waals surface area contributed by atoms with Crippen LogP contribution in [-0.2, 0) is 0 Å². The van der Waals surface area contributed by atoms with Crippen LogP contribution in [0.15, 0.2) is 0 Å². The van der Waals surface area contributed by atoms with Crippen molar-refractivity contribution in [1.29, 1.82) is 0 Å². The SMILES string of the molecule is CC(C)N(C)CCCNC1CCCC1CN. The fourth-order valence-corrected chi connectivity index (χ4v) is 2.46. The Morgan fingerprint density at radius 2 is 2.12 bits per heavy atom. The number of rotatable bonds is 7. The molecule has 0 aromatic rings. The van der Waals surface area contributed by atoms with Gasteiger partial charge in [0, 0.05) is 12.1 Å². The smallest absolute Gasteiger partial charge is 0.0107 e. The number of nitrogens with two attached hydrogens (primary N) is 1. The van der Waals surface area contributed by atoms with Gasteiger partial charge in [0.1, 0.15) is 0 Å². The van der Waals surface area contributed by atoms with Crippen molar-refractivity contribution in [1.82, 2.24) is 10.2 Å². The summed E-state index contributed by atoms with van der Waals surface area (Å²) in [6.45, 7) is 7.66. The van der Waals surface area contributed by atoms with Gasteiger partial charge in [0.25, 0.3) is 0 Å². The molecule has 0 saturated heterocycles. The zero-order valence-electron chi connectivity index (χ0n) is 11.2. The summed E-state index contributed by atoms with van der Waals surface area (Å²) in [6, 6.07) is 1.35. The molecule has 0 spiro atoms. The van der Waals surface area contributed by atoms with Crippen LogP contribution in [0.3, 0.4) is 0 Å². The van der Waals surface area contributed by atoms with Gasteiger partial charge in [0.05, 0.1) is 0 Å². The first kappa shape index (κ1) is 13.9. The molecule has 1 rings (SSSR count). The van der Waals surface area contributed by atoms with Gasteiger partial charge in [-0.05, 0) is 65.7 Å². The Hall–Kier alpha value is -0.120. The zero-order valence-corrected chi connectivity index (χ0v) is 11.2. The van der Waals surface area contributed by atoms with E-state index in [9.17, 15) is 0 Å². The summed E-state index contributed by atoms with van der Waals surface area (Å²) in [6.07, 6.45) is 5.23. The predicted molar refractivity (Wildman–Crippen MR) is 70.6 cm³/mol. The molecule has 3 nitrogen and oxygen atoms in total. The van der Waals surface area contributed by atoms with E-state index in [0.29, 0.717) is 12.1 Å². The maximum atomic E-state index is 5.77. The quantitative estimate of drug-likeness (QED) is 0.647. The fourth-order valence-electron chi connectivity index (χ4n) is 2.46. The first-order valence-corrected chi connectivity index (χ1v) is 6.78. The van der Waals surface area contributed by atoms with Crippen molar-refractivity contribution >= 4 is 0 Å². The summed E-state index contributed by atoms with van der Waals surface area (Å²) in [7, 11) is 2.20. The van der Waals surface area contributed by atoms with E-state index in [-0.39, 0.29) is 0 Å². The Kier molecular flexibility index (Phi) is 6.32. The van der Waals surface area contributed by atoms with Gasteiger partial charge in [-0.15, -0.1) is 0 Å². The molecule has 3 heteroatoms. The van der Waals surface area contributed by atoms with Crippen molar-refractivity contribution in [3.05, 3.63) is 0 Å². The topological polar surface area (TPSA) is 41.3 Å². The van der Waals surface area contributed by atoms with E-state index in [1.54, 1.807) is 0 Å². The van der Waals surface area contributed by atoms with Gasteiger partial charge >= 0.3 is 0 Å². The molecule has 16 heavy (non-hydrogen) atoms. The summed E-state index contributed by atoms with van der Waals surface area (Å²) in [5.74, 6) is 0.725. The maximum absolute atomic E-state index is 5.77. The van der Waals surface area contributed by atoms with Crippen molar-refractivity contribution < 1.29 is 0 Å². The van der Waals surface area contributed by atoms with E-state index >= 15 is 0 Å². The number of nitrogens with one attached hydrogen (secondary N) is 1. The second-order valence-electron chi connectivity index (χ2n) is 5.42. The standard InChI is InChI=1S/C13H29N3/c1-11(2)16(3)9-5-8-15-13-7-4-6-12(13)10-14/h11-13,15H,4-10,14H2,1-3H3. The predicted octanol–water partition coefficient (Wildman–Crippen LogP) is 1.43. The van der Waals surface area contributed by atoms with Crippen LogP contribution >= 0.6 is 0 Å². The van der Waals surface area contributed by atoms with Gasteiger partial charge in [-0.25, -0.2) is 0 Å². The zero-order chi connectivity index (χ0) is 12.0. The van der Waals surface area contributed by atoms with Crippen LogP contribution in [0, 0.1) is 5.92 Å². The molecule has 0 amide bonds. The maximum Gasteiger partial charge on any atom is 0.0107 e. The molecule has 1 aliphatic carbocycles. The molecule has 1 aliphatic rings. The van der Waals surface area contributed by atoms with Gasteiger partial charge in [-0.1, -0.05) is 6.42 Å². The summed E-state index contributed by atoms with van der Waals surface area (Å²) in [5, 5.41) is 3.67. The molecule has 1 saturated carbocycles. The molecule has 0 bridgehead atoms. The third-order valence-electron chi connectivity index (χ3n) is 3.94. The highest BCUT2D eigenvalue weighted by atomic mass is 15.1. The minimum absolute atomic E-state index is 0.656. The van der Waals surface area contributed by atoms with E-state index in [1.807, 2.05) is 0 Å². The lowest BCUT2D eigenvalue weighted by atomic mass is 10.0. The van der Waals surface area contributed by atoms with E-state index in [0.717, 1.165) is 19.0 Å². The molecule has 96 valence electrons. The van der Waals surface area contributed by atoms with Gasteiger partial charge in [0.15, 0.2) is 0 Å². The Labute approximate surface area is 101 Å². The normalized spacial score (nSPS) is 25.9. The molecular weight excluding hydrogens is 198 g/mol. The minimum atomic E-state index is 0.656. The van der Waals surface area contributed by atoms with Gasteiger partial charge in [-0.3, -0.25) is 0 Å². The van der Waals surface area contributed by atoms with Crippen LogP contribution in [0.5, 0.6) is 0 Å². The molecule has 0 aliphatic heterocycles. The average Bonchev–Trinajstić information content (AvgIpc) is 2.71. The number of hydrogen-bond donors (Lipinski definition) is 2. The van der Waals surface area contributed by atoms with Gasteiger partial charge < -0.3 is 16.0 Å². The molecule has 0 aromatic carbocycles. The van der Waals surface area contributed by atoms with Crippen LogP contribution in [0.4, 0.5) is 0 Å². The van der Waals surface area contributed by atoms with Gasteiger partial charge in [-0.2, -0.15) is 0 Å². The van der Waals surface area contributed by atoms with Crippen molar-refractivity contribution in [2.75, 3.05) is 26.7 Å². The van der Waals surface area contributed by atoms with Crippen LogP contribution < -0.4 is 11.1 Å². The second kappa shape index (κ2) is 7.25. The first-order chi connectivity index (χ1) is 7.65. The Bertz CT molecular complexity index is 182. The molecule has 3 N–H and O–H groups in total. The molecule has 1 fully saturated rings. The molecule has 2 atom stereocenters. The second-order valence-corrected chi connectivity index (χ2v) is 5.42. The Morgan fingerprint density at radius 3 is 2.75 bits per heavy atom. The third kappa shape index (κ3) is 4.40. The van der Waals surface area contributed by atoms with E-state index in [4.69, 9.17) is 5.73 Å². The molecule has 0 radical (unpaired) electrons. The van der Waals surface area contributed by atoms with Crippen LogP contribution in [0.1, 0.15) is 39.5 Å². The van der Waals surface area contributed by atoms with Gasteiger partial charge in [0.2, 0.25) is 0 Å². The lowest BCUT2D eigenvalue weighted by molar-refractivity contribution is 0.265. The fraction of sp³-hybridized carbons (Fsp3) is 1.00. The number of nitrogens with zero attached hydrogens (tertiary/aromatic N) is 1. The minimum Gasteiger partial charge on any atom is -0.330 e. The lowest BCUT2D eigenvalue weighted by Crippen LogP contribution is -2.37. The summed E-state index contributed by atoms with van der Waals surface area (Å²) in [5.41, 5.74) is 5.77. The summed E-state index contributed by atoms with van der Waals surface area (Å²) in [4.78, 5) is 2.40. The highest BCUT2D eigenvalue weighted by Gasteiger charge is 2.24. The Morgan fingerprint density at radius 1 is 1.38 bits per heavy atom. The van der Waals surface area contributed by atoms with Crippen LogP contribution in [-0.4, -0.2) is 43.7 Å². The largest absolute Gasteiger partial charge is 0.330 e. The van der Waals surface area contributed by atoms with Crippen molar-refractivity contribution in [3.63, 3.8) is 0 Å². The van der Waals surface area contributed by atoms with Crippen molar-refractivity contribution in [2.45, 2.75) is 51.6 Å². The van der Waals surface area contributed by atoms with E-state index < -0.39 is 0 Å². The summed E-state index contributed by atoms with van der Waals surface area (Å²) >= 11 is 0. The summed E-state index contributed by atoms with van der Waals surface area (Å²) < 4.78 is 0. The average molecular weight is 227 g/mol. The monoisotopic (exact) mass is 227 g/mol. The highest BCUT2D eigenvalue weighted by Crippen LogP contribution is 2.24.